The fourth-order valence-corrected chi connectivity index (χ4v) is 7.01. The number of benzene rings is 2. The number of rotatable bonds is 9. The van der Waals surface area contributed by atoms with E-state index in [0.717, 1.165) is 16.9 Å². The highest BCUT2D eigenvalue weighted by atomic mass is 32.2. The van der Waals surface area contributed by atoms with Crippen LogP contribution in [-0.2, 0) is 32.5 Å². The number of sulfonamides is 1. The average Bonchev–Trinajstić information content (AvgIpc) is 3.49. The molecule has 2 aromatic carbocycles. The molecule has 0 saturated carbocycles. The van der Waals surface area contributed by atoms with E-state index >= 15 is 0 Å². The van der Waals surface area contributed by atoms with Crippen molar-refractivity contribution in [2.45, 2.75) is 43.0 Å². The summed E-state index contributed by atoms with van der Waals surface area (Å²) in [6.07, 6.45) is -0.374. The molecule has 1 aliphatic rings. The largest absolute Gasteiger partial charge is 0.488 e. The number of ether oxygens (including phenoxy) is 1. The van der Waals surface area contributed by atoms with Crippen LogP contribution in [0.2, 0.25) is 0 Å². The van der Waals surface area contributed by atoms with Gasteiger partial charge in [-0.1, -0.05) is 43.3 Å². The van der Waals surface area contributed by atoms with E-state index in [0.29, 0.717) is 17.0 Å². The van der Waals surface area contributed by atoms with Crippen molar-refractivity contribution in [3.8, 4) is 5.75 Å². The van der Waals surface area contributed by atoms with Gasteiger partial charge in [0.25, 0.3) is 10.0 Å². The Morgan fingerprint density at radius 3 is 2.62 bits per heavy atom. The summed E-state index contributed by atoms with van der Waals surface area (Å²) in [7, 11) is -2.20. The van der Waals surface area contributed by atoms with Crippen molar-refractivity contribution in [2.24, 2.45) is 5.92 Å². The van der Waals surface area contributed by atoms with Gasteiger partial charge >= 0.3 is 0 Å². The highest BCUT2D eigenvalue weighted by molar-refractivity contribution is 7.91. The van der Waals surface area contributed by atoms with Crippen LogP contribution in [0.25, 0.3) is 0 Å². The quantitative estimate of drug-likeness (QED) is 0.398. The number of likely N-dealkylation sites (N-methyl/N-ethyl adjacent to an activating group) is 1. The van der Waals surface area contributed by atoms with Crippen LogP contribution in [0, 0.1) is 5.92 Å². The number of thiophene rings is 1. The number of nitrogens with one attached hydrogen (secondary N) is 1. The molecule has 3 aromatic rings. The third-order valence-electron chi connectivity index (χ3n) is 7.00. The van der Waals surface area contributed by atoms with E-state index in [-0.39, 0.29) is 54.5 Å². The van der Waals surface area contributed by atoms with Crippen LogP contribution < -0.4 is 10.1 Å². The number of nitrogens with zero attached hydrogens (tertiary/aromatic N) is 2. The van der Waals surface area contributed by atoms with Crippen molar-refractivity contribution in [2.75, 3.05) is 32.1 Å². The van der Waals surface area contributed by atoms with E-state index in [1.807, 2.05) is 37.3 Å². The first-order chi connectivity index (χ1) is 19.1. The summed E-state index contributed by atoms with van der Waals surface area (Å²) in [6, 6.07) is 17.4. The van der Waals surface area contributed by atoms with Gasteiger partial charge in [0.15, 0.2) is 0 Å². The predicted molar refractivity (Wildman–Crippen MR) is 155 cm³/mol. The van der Waals surface area contributed by atoms with E-state index in [9.17, 15) is 23.1 Å². The smallest absolute Gasteiger partial charge is 0.252 e. The first-order valence-electron chi connectivity index (χ1n) is 13.1. The summed E-state index contributed by atoms with van der Waals surface area (Å²) in [5, 5.41) is 14.5. The molecule has 4 rings (SSSR count). The molecule has 1 aliphatic heterocycles. The Balaban J connectivity index is 1.61. The highest BCUT2D eigenvalue weighted by Gasteiger charge is 2.33. The Morgan fingerprint density at radius 1 is 1.20 bits per heavy atom. The van der Waals surface area contributed by atoms with E-state index < -0.39 is 22.2 Å². The number of hydrogen-bond donors (Lipinski definition) is 2. The molecular formula is C29H35N3O6S2. The van der Waals surface area contributed by atoms with Crippen LogP contribution in [-0.4, -0.2) is 73.4 Å². The molecule has 2 amide bonds. The van der Waals surface area contributed by atoms with Gasteiger partial charge in [0.05, 0.1) is 32.0 Å². The van der Waals surface area contributed by atoms with Gasteiger partial charge in [0.1, 0.15) is 16.1 Å². The lowest BCUT2D eigenvalue weighted by Gasteiger charge is -2.33. The molecule has 1 aromatic heterocycles. The SMILES string of the molecule is C[C@@H]1CN([C@@H](C)CO)C(=O)Cc2cc(NC(=O)Cc3ccccc3)ccc2O[C@@H]1CN(C)S(=O)(=O)c1cccs1. The topological polar surface area (TPSA) is 116 Å². The number of aliphatic hydroxyl groups is 1. The lowest BCUT2D eigenvalue weighted by molar-refractivity contribution is -0.134. The fourth-order valence-electron chi connectivity index (χ4n) is 4.63. The van der Waals surface area contributed by atoms with E-state index in [4.69, 9.17) is 4.74 Å². The minimum absolute atomic E-state index is 0.00480. The molecule has 0 radical (unpaired) electrons. The number of aliphatic hydroxyl groups excluding tert-OH is 1. The number of fused-ring (bicyclic) bond motifs is 1. The molecule has 0 bridgehead atoms. The summed E-state index contributed by atoms with van der Waals surface area (Å²) in [4.78, 5) is 27.7. The highest BCUT2D eigenvalue weighted by Crippen LogP contribution is 2.30. The Kier molecular flexibility index (Phi) is 9.62. The summed E-state index contributed by atoms with van der Waals surface area (Å²) in [5.41, 5.74) is 1.98. The van der Waals surface area contributed by atoms with Gasteiger partial charge < -0.3 is 20.1 Å². The Labute approximate surface area is 239 Å². The maximum atomic E-state index is 13.4. The maximum Gasteiger partial charge on any atom is 0.252 e. The number of anilines is 1. The van der Waals surface area contributed by atoms with Crippen LogP contribution >= 0.6 is 11.3 Å². The number of carbonyl (C=O) groups is 2. The number of carbonyl (C=O) groups excluding carboxylic acids is 2. The van der Waals surface area contributed by atoms with Gasteiger partial charge in [-0.15, -0.1) is 11.3 Å². The summed E-state index contributed by atoms with van der Waals surface area (Å²) >= 11 is 1.15. The fraction of sp³-hybridized carbons (Fsp3) is 0.379. The molecule has 11 heteroatoms. The van der Waals surface area contributed by atoms with Gasteiger partial charge in [0.2, 0.25) is 11.8 Å². The van der Waals surface area contributed by atoms with Crippen LogP contribution in [0.5, 0.6) is 5.75 Å². The Morgan fingerprint density at radius 2 is 1.95 bits per heavy atom. The van der Waals surface area contributed by atoms with Gasteiger partial charge in [-0.2, -0.15) is 4.31 Å². The third kappa shape index (κ3) is 7.08. The molecule has 0 aliphatic carbocycles. The van der Waals surface area contributed by atoms with E-state index in [1.165, 1.54) is 11.4 Å². The molecule has 9 nitrogen and oxygen atoms in total. The zero-order valence-electron chi connectivity index (χ0n) is 22.8. The van der Waals surface area contributed by atoms with Crippen molar-refractivity contribution in [3.05, 3.63) is 77.2 Å². The zero-order valence-corrected chi connectivity index (χ0v) is 24.5. The maximum absolute atomic E-state index is 13.4. The van der Waals surface area contributed by atoms with Crippen molar-refractivity contribution in [1.82, 2.24) is 9.21 Å². The summed E-state index contributed by atoms with van der Waals surface area (Å²) in [5.74, 6) is -0.183. The lowest BCUT2D eigenvalue weighted by atomic mass is 10.0. The molecule has 0 unspecified atom stereocenters. The summed E-state index contributed by atoms with van der Waals surface area (Å²) in [6.45, 7) is 3.81. The van der Waals surface area contributed by atoms with Crippen LogP contribution in [0.15, 0.2) is 70.3 Å². The minimum Gasteiger partial charge on any atom is -0.488 e. The number of hydrogen-bond acceptors (Lipinski definition) is 7. The van der Waals surface area contributed by atoms with Crippen molar-refractivity contribution >= 4 is 38.9 Å². The standard InChI is InChI=1S/C29H35N3O6S2/c1-20-17-32(21(2)19-33)28(35)16-23-15-24(30-27(34)14-22-8-5-4-6-9-22)11-12-25(23)38-26(20)18-31(3)40(36,37)29-10-7-13-39-29/h4-13,15,20-21,26,33H,14,16-19H2,1-3H3,(H,30,34)/t20-,21+,26-/m1/s1. The first-order valence-corrected chi connectivity index (χ1v) is 15.4. The molecule has 0 saturated heterocycles. The zero-order chi connectivity index (χ0) is 28.9. The van der Waals surface area contributed by atoms with Gasteiger partial charge in [0, 0.05) is 30.8 Å². The minimum atomic E-state index is -3.71. The average molecular weight is 586 g/mol. The second kappa shape index (κ2) is 12.9. The monoisotopic (exact) mass is 585 g/mol. The second-order valence-corrected chi connectivity index (χ2v) is 13.4. The lowest BCUT2D eigenvalue weighted by Crippen LogP contribution is -2.48. The molecule has 214 valence electrons. The molecule has 2 heterocycles. The number of amides is 2. The molecule has 0 spiro atoms. The molecule has 3 atom stereocenters. The molecule has 2 N–H and O–H groups in total. The first kappa shape index (κ1) is 29.7. The van der Waals surface area contributed by atoms with Crippen LogP contribution in [0.4, 0.5) is 5.69 Å². The predicted octanol–water partition coefficient (Wildman–Crippen LogP) is 3.40. The Hall–Kier alpha value is -3.25. The second-order valence-electron chi connectivity index (χ2n) is 10.1. The molecule has 40 heavy (non-hydrogen) atoms. The molecular weight excluding hydrogens is 550 g/mol. The van der Waals surface area contributed by atoms with Crippen molar-refractivity contribution < 1.29 is 27.9 Å². The van der Waals surface area contributed by atoms with Gasteiger partial charge in [-0.25, -0.2) is 8.42 Å². The summed E-state index contributed by atoms with van der Waals surface area (Å²) < 4.78 is 34.2. The van der Waals surface area contributed by atoms with Crippen molar-refractivity contribution in [1.29, 1.82) is 0 Å². The third-order valence-corrected chi connectivity index (χ3v) is 10.2. The Bertz CT molecular complexity index is 1410. The van der Waals surface area contributed by atoms with Crippen molar-refractivity contribution in [3.63, 3.8) is 0 Å². The normalized spacial score (nSPS) is 18.7. The van der Waals surface area contributed by atoms with E-state index in [1.54, 1.807) is 47.5 Å². The van der Waals surface area contributed by atoms with Crippen LogP contribution in [0.1, 0.15) is 25.0 Å². The van der Waals surface area contributed by atoms with Gasteiger partial charge in [-0.05, 0) is 42.1 Å². The van der Waals surface area contributed by atoms with Gasteiger partial charge in [-0.3, -0.25) is 9.59 Å². The van der Waals surface area contributed by atoms with E-state index in [2.05, 4.69) is 5.32 Å². The molecule has 0 fully saturated rings. The van der Waals surface area contributed by atoms with Crippen LogP contribution in [0.3, 0.4) is 0 Å².